The van der Waals surface area contributed by atoms with Crippen LogP contribution in [0.4, 0.5) is 4.39 Å². The summed E-state index contributed by atoms with van der Waals surface area (Å²) in [6.07, 6.45) is 9.17. The zero-order valence-corrected chi connectivity index (χ0v) is 22.6. The zero-order chi connectivity index (χ0) is 28.1. The summed E-state index contributed by atoms with van der Waals surface area (Å²) in [6.45, 7) is 9.97. The molecule has 0 aliphatic heterocycles. The maximum absolute atomic E-state index is 13.0. The molecule has 0 spiro atoms. The van der Waals surface area contributed by atoms with E-state index in [4.69, 9.17) is 4.42 Å². The molecular formula is C28H40FN5O3. The van der Waals surface area contributed by atoms with E-state index in [1.165, 1.54) is 31.0 Å². The number of nitriles is 1. The summed E-state index contributed by atoms with van der Waals surface area (Å²) in [6, 6.07) is 8.09. The Morgan fingerprint density at radius 2 is 1.68 bits per heavy atom. The normalized spacial score (nSPS) is 9.43. The Morgan fingerprint density at radius 1 is 1.08 bits per heavy atom. The molecule has 3 aromatic rings. The lowest BCUT2D eigenvalue weighted by Gasteiger charge is -2.00. The fourth-order valence-corrected chi connectivity index (χ4v) is 2.84. The van der Waals surface area contributed by atoms with Gasteiger partial charge in [-0.15, -0.1) is 0 Å². The van der Waals surface area contributed by atoms with Crippen LogP contribution < -0.4 is 5.73 Å². The first-order valence-corrected chi connectivity index (χ1v) is 12.8. The molecular weight excluding hydrogens is 473 g/mol. The van der Waals surface area contributed by atoms with Crippen molar-refractivity contribution in [1.82, 2.24) is 15.0 Å². The number of nitrogens with two attached hydrogens (primary N) is 1. The van der Waals surface area contributed by atoms with E-state index in [1.54, 1.807) is 19.1 Å². The van der Waals surface area contributed by atoms with E-state index in [9.17, 15) is 19.2 Å². The van der Waals surface area contributed by atoms with Crippen molar-refractivity contribution in [3.8, 4) is 17.5 Å². The van der Waals surface area contributed by atoms with Crippen molar-refractivity contribution in [2.45, 2.75) is 86.0 Å². The number of carbonyl (C=O) groups is 2. The number of aryl methyl sites for hydroxylation is 1. The van der Waals surface area contributed by atoms with E-state index in [0.717, 1.165) is 36.9 Å². The van der Waals surface area contributed by atoms with E-state index < -0.39 is 0 Å². The number of Topliss-reactive ketones (excluding diaryl/α,β-unsaturated/α-hetero) is 1. The molecule has 0 unspecified atom stereocenters. The summed E-state index contributed by atoms with van der Waals surface area (Å²) >= 11 is 0. The minimum Gasteiger partial charge on any atom is -0.442 e. The van der Waals surface area contributed by atoms with Gasteiger partial charge in [0.15, 0.2) is 5.69 Å². The topological polar surface area (TPSA) is 139 Å². The third-order valence-electron chi connectivity index (χ3n) is 4.60. The number of aromatic amines is 1. The highest BCUT2D eigenvalue weighted by molar-refractivity contribution is 5.91. The molecule has 37 heavy (non-hydrogen) atoms. The van der Waals surface area contributed by atoms with Crippen LogP contribution in [0.1, 0.15) is 102 Å². The van der Waals surface area contributed by atoms with Crippen molar-refractivity contribution in [3.63, 3.8) is 0 Å². The molecule has 0 bridgehead atoms. The number of imidazole rings is 1. The molecule has 2 aromatic heterocycles. The number of rotatable bonds is 10. The molecule has 0 aliphatic carbocycles. The molecule has 1 amide bonds. The number of oxazole rings is 1. The molecule has 8 nitrogen and oxygen atoms in total. The molecule has 3 rings (SSSR count). The van der Waals surface area contributed by atoms with Gasteiger partial charge in [-0.1, -0.05) is 53.9 Å². The van der Waals surface area contributed by atoms with Gasteiger partial charge in [0.25, 0.3) is 5.89 Å². The first-order chi connectivity index (χ1) is 17.9. The fourth-order valence-electron chi connectivity index (χ4n) is 2.84. The van der Waals surface area contributed by atoms with Crippen molar-refractivity contribution in [1.29, 1.82) is 5.26 Å². The monoisotopic (exact) mass is 513 g/mol. The number of unbranched alkanes of at least 4 members (excludes halogenated alkanes) is 3. The average molecular weight is 514 g/mol. The standard InChI is InChI=1S/C20H19FN4O2.C3H7NO.C3H8.C2H6/c21-15-9-7-14(8-10-15)19-24-16(17(13-22)25-19)5-3-1-2-4-6-18(26)20-23-11-12-27-20;1-2-3(4)5;1-3-2;1-2/h7-12H,1-6H2,(H,24,25);2H2,1H3,(H2,4,5);3H2,1-2H3;1-2H3. The van der Waals surface area contributed by atoms with Gasteiger partial charge in [0, 0.05) is 18.4 Å². The zero-order valence-electron chi connectivity index (χ0n) is 22.6. The highest BCUT2D eigenvalue weighted by Gasteiger charge is 2.12. The lowest BCUT2D eigenvalue weighted by molar-refractivity contribution is -0.117. The van der Waals surface area contributed by atoms with E-state index in [0.29, 0.717) is 30.8 Å². The highest BCUT2D eigenvalue weighted by atomic mass is 19.1. The second-order valence-corrected chi connectivity index (χ2v) is 7.73. The predicted molar refractivity (Wildman–Crippen MR) is 143 cm³/mol. The van der Waals surface area contributed by atoms with Crippen molar-refractivity contribution in [2.75, 3.05) is 0 Å². The minimum absolute atomic E-state index is 0.0794. The lowest BCUT2D eigenvalue weighted by atomic mass is 10.1. The Labute approximate surface area is 219 Å². The number of H-pyrrole nitrogens is 1. The number of halogens is 1. The summed E-state index contributed by atoms with van der Waals surface area (Å²) in [5, 5.41) is 9.27. The first kappa shape index (κ1) is 33.2. The SMILES string of the molecule is CC.CCC.CCC(N)=O.N#Cc1nc(-c2ccc(F)cc2)[nH]c1CCCCCCC(=O)c1ncco1. The van der Waals surface area contributed by atoms with Gasteiger partial charge in [-0.25, -0.2) is 14.4 Å². The quantitative estimate of drug-likeness (QED) is 0.226. The van der Waals surface area contributed by atoms with Crippen LogP contribution in [-0.2, 0) is 11.2 Å². The van der Waals surface area contributed by atoms with Gasteiger partial charge < -0.3 is 15.1 Å². The first-order valence-electron chi connectivity index (χ1n) is 12.8. The largest absolute Gasteiger partial charge is 0.442 e. The van der Waals surface area contributed by atoms with Crippen molar-refractivity contribution >= 4 is 11.7 Å². The Kier molecular flexibility index (Phi) is 18.3. The second-order valence-electron chi connectivity index (χ2n) is 7.73. The number of hydrogen-bond acceptors (Lipinski definition) is 6. The van der Waals surface area contributed by atoms with Crippen LogP contribution in [0, 0.1) is 17.1 Å². The molecule has 0 atom stereocenters. The Morgan fingerprint density at radius 3 is 2.19 bits per heavy atom. The van der Waals surface area contributed by atoms with E-state index >= 15 is 0 Å². The van der Waals surface area contributed by atoms with E-state index in [-0.39, 0.29) is 23.4 Å². The number of hydrogen-bond donors (Lipinski definition) is 2. The smallest absolute Gasteiger partial charge is 0.263 e. The molecule has 202 valence electrons. The summed E-state index contributed by atoms with van der Waals surface area (Å²) < 4.78 is 18.0. The van der Waals surface area contributed by atoms with Crippen LogP contribution >= 0.6 is 0 Å². The van der Waals surface area contributed by atoms with Crippen LogP contribution in [-0.4, -0.2) is 26.6 Å². The Balaban J connectivity index is 0.00000112. The van der Waals surface area contributed by atoms with Gasteiger partial charge in [-0.2, -0.15) is 5.26 Å². The molecule has 0 saturated heterocycles. The van der Waals surface area contributed by atoms with Crippen molar-refractivity contribution < 1.29 is 18.4 Å². The second kappa shape index (κ2) is 20.4. The lowest BCUT2D eigenvalue weighted by Crippen LogP contribution is -2.06. The number of carbonyl (C=O) groups excluding carboxylic acids is 2. The number of amides is 1. The number of aromatic nitrogens is 3. The fraction of sp³-hybridized carbons (Fsp3) is 0.464. The minimum atomic E-state index is -0.313. The number of nitrogens with one attached hydrogen (secondary N) is 1. The van der Waals surface area contributed by atoms with E-state index in [1.807, 2.05) is 13.8 Å². The van der Waals surface area contributed by atoms with Crippen molar-refractivity contribution in [3.05, 3.63) is 59.8 Å². The van der Waals surface area contributed by atoms with Gasteiger partial charge in [0.2, 0.25) is 11.7 Å². The van der Waals surface area contributed by atoms with Gasteiger partial charge in [-0.3, -0.25) is 9.59 Å². The highest BCUT2D eigenvalue weighted by Crippen LogP contribution is 2.20. The maximum Gasteiger partial charge on any atom is 0.263 e. The summed E-state index contributed by atoms with van der Waals surface area (Å²) in [5.74, 6) is 0.0964. The predicted octanol–water partition coefficient (Wildman–Crippen LogP) is 6.78. The van der Waals surface area contributed by atoms with Crippen LogP contribution in [0.15, 0.2) is 41.1 Å². The third-order valence-corrected chi connectivity index (χ3v) is 4.60. The van der Waals surface area contributed by atoms with Gasteiger partial charge in [0.1, 0.15) is 24.0 Å². The molecule has 3 N–H and O–H groups in total. The van der Waals surface area contributed by atoms with Crippen LogP contribution in [0.2, 0.25) is 0 Å². The Hall–Kier alpha value is -3.80. The third kappa shape index (κ3) is 13.8. The van der Waals surface area contributed by atoms with Crippen LogP contribution in [0.25, 0.3) is 11.4 Å². The van der Waals surface area contributed by atoms with Crippen LogP contribution in [0.5, 0.6) is 0 Å². The average Bonchev–Trinajstić information content (AvgIpc) is 3.59. The molecule has 9 heteroatoms. The van der Waals surface area contributed by atoms with Gasteiger partial charge in [-0.05, 0) is 43.5 Å². The Bertz CT molecular complexity index is 1050. The molecule has 0 radical (unpaired) electrons. The number of benzene rings is 1. The van der Waals surface area contributed by atoms with Crippen molar-refractivity contribution in [2.24, 2.45) is 5.73 Å². The number of nitrogens with zero attached hydrogens (tertiary/aromatic N) is 3. The summed E-state index contributed by atoms with van der Waals surface area (Å²) in [5.41, 5.74) is 6.55. The molecule has 0 aliphatic rings. The molecule has 2 heterocycles. The van der Waals surface area contributed by atoms with Gasteiger partial charge in [0.05, 0.1) is 11.9 Å². The maximum atomic E-state index is 13.0. The van der Waals surface area contributed by atoms with Crippen LogP contribution in [0.3, 0.4) is 0 Å². The summed E-state index contributed by atoms with van der Waals surface area (Å²) in [7, 11) is 0. The molecule has 0 saturated carbocycles. The number of ketones is 1. The molecule has 1 aromatic carbocycles. The van der Waals surface area contributed by atoms with Gasteiger partial charge >= 0.3 is 0 Å². The summed E-state index contributed by atoms with van der Waals surface area (Å²) in [4.78, 5) is 32.7. The van der Waals surface area contributed by atoms with E-state index in [2.05, 4.69) is 40.6 Å². The number of primary amides is 1. The molecule has 0 fully saturated rings.